The van der Waals surface area contributed by atoms with Crippen LogP contribution >= 0.6 is 0 Å². The summed E-state index contributed by atoms with van der Waals surface area (Å²) < 4.78 is 5.47. The Hall–Kier alpha value is -2.76. The van der Waals surface area contributed by atoms with E-state index in [0.29, 0.717) is 12.3 Å². The average Bonchev–Trinajstić information content (AvgIpc) is 3.14. The molecule has 1 atom stereocenters. The predicted octanol–water partition coefficient (Wildman–Crippen LogP) is 3.74. The topological polar surface area (TPSA) is 58.2 Å². The number of pyridine rings is 1. The molecule has 1 aliphatic carbocycles. The number of carbonyl (C=O) groups is 1. The van der Waals surface area contributed by atoms with E-state index in [4.69, 9.17) is 4.74 Å². The molecule has 5 nitrogen and oxygen atoms in total. The molecule has 1 N–H and O–H groups in total. The molecule has 2 aromatic heterocycles. The van der Waals surface area contributed by atoms with Crippen LogP contribution in [0.15, 0.2) is 54.9 Å². The van der Waals surface area contributed by atoms with Crippen molar-refractivity contribution in [3.63, 3.8) is 0 Å². The molecule has 30 heavy (non-hydrogen) atoms. The van der Waals surface area contributed by atoms with Gasteiger partial charge in [0.05, 0.1) is 18.9 Å². The molecule has 0 radical (unpaired) electrons. The summed E-state index contributed by atoms with van der Waals surface area (Å²) in [4.78, 5) is 23.6. The van der Waals surface area contributed by atoms with E-state index in [2.05, 4.69) is 39.1 Å². The molecule has 154 valence electrons. The van der Waals surface area contributed by atoms with Gasteiger partial charge in [0.1, 0.15) is 0 Å². The van der Waals surface area contributed by atoms with Crippen molar-refractivity contribution >= 4 is 5.78 Å². The van der Waals surface area contributed by atoms with Crippen molar-refractivity contribution < 1.29 is 9.53 Å². The Morgan fingerprint density at radius 2 is 1.80 bits per heavy atom. The third-order valence-corrected chi connectivity index (χ3v) is 6.24. The van der Waals surface area contributed by atoms with Crippen molar-refractivity contribution in [2.45, 2.75) is 19.3 Å². The number of hydrogen-bond donors (Lipinski definition) is 1. The van der Waals surface area contributed by atoms with Gasteiger partial charge in [-0.3, -0.25) is 14.7 Å². The fraction of sp³-hybridized carbons (Fsp3) is 0.360. The highest BCUT2D eigenvalue weighted by molar-refractivity contribution is 6.01. The summed E-state index contributed by atoms with van der Waals surface area (Å²) in [5.41, 5.74) is 6.51. The second kappa shape index (κ2) is 8.54. The predicted molar refractivity (Wildman–Crippen MR) is 117 cm³/mol. The van der Waals surface area contributed by atoms with Gasteiger partial charge < -0.3 is 9.72 Å². The summed E-state index contributed by atoms with van der Waals surface area (Å²) in [5.74, 6) is 0.633. The molecule has 1 aliphatic heterocycles. The minimum atomic E-state index is 0.275. The first-order chi connectivity index (χ1) is 14.8. The largest absolute Gasteiger partial charge is 0.379 e. The lowest BCUT2D eigenvalue weighted by Crippen LogP contribution is -2.41. The Morgan fingerprint density at radius 1 is 1.03 bits per heavy atom. The van der Waals surface area contributed by atoms with Crippen LogP contribution in [-0.4, -0.2) is 53.5 Å². The molecule has 0 amide bonds. The number of rotatable bonds is 5. The molecule has 0 bridgehead atoms. The van der Waals surface area contributed by atoms with Gasteiger partial charge in [-0.25, -0.2) is 0 Å². The molecule has 5 rings (SSSR count). The standard InChI is InChI=1S/C25H27N3O2/c29-23-16-19(17-28-10-12-30-13-11-28)15-22-24(23)21(14-18-4-2-1-3-5-18)25(27-22)20-6-8-26-9-7-20/h1-9,19,27H,10-17H2. The maximum atomic E-state index is 13.3. The molecular weight excluding hydrogens is 374 g/mol. The van der Waals surface area contributed by atoms with Crippen molar-refractivity contribution in [1.82, 2.24) is 14.9 Å². The van der Waals surface area contributed by atoms with Gasteiger partial charge in [-0.1, -0.05) is 30.3 Å². The van der Waals surface area contributed by atoms with Crippen LogP contribution in [0.5, 0.6) is 0 Å². The van der Waals surface area contributed by atoms with Crippen LogP contribution in [0, 0.1) is 5.92 Å². The van der Waals surface area contributed by atoms with Gasteiger partial charge in [-0.15, -0.1) is 0 Å². The number of ether oxygens (including phenoxy) is 1. The maximum absolute atomic E-state index is 13.3. The molecule has 0 saturated carbocycles. The van der Waals surface area contributed by atoms with Crippen LogP contribution in [0.3, 0.4) is 0 Å². The number of H-pyrrole nitrogens is 1. The Morgan fingerprint density at radius 3 is 2.57 bits per heavy atom. The lowest BCUT2D eigenvalue weighted by molar-refractivity contribution is 0.0295. The van der Waals surface area contributed by atoms with Crippen molar-refractivity contribution in [3.8, 4) is 11.3 Å². The van der Waals surface area contributed by atoms with Crippen LogP contribution in [0.1, 0.15) is 33.6 Å². The number of aromatic amines is 1. The van der Waals surface area contributed by atoms with Crippen LogP contribution in [-0.2, 0) is 17.6 Å². The highest BCUT2D eigenvalue weighted by atomic mass is 16.5. The molecule has 5 heteroatoms. The van der Waals surface area contributed by atoms with E-state index in [9.17, 15) is 4.79 Å². The summed E-state index contributed by atoms with van der Waals surface area (Å²) in [5, 5.41) is 0. The summed E-state index contributed by atoms with van der Waals surface area (Å²) in [6.45, 7) is 4.48. The Bertz CT molecular complexity index is 1010. The van der Waals surface area contributed by atoms with Crippen LogP contribution in [0.2, 0.25) is 0 Å². The van der Waals surface area contributed by atoms with Gasteiger partial charge in [0.15, 0.2) is 5.78 Å². The number of nitrogens with one attached hydrogen (secondary N) is 1. The van der Waals surface area contributed by atoms with Crippen molar-refractivity contribution in [3.05, 3.63) is 77.2 Å². The first-order valence-corrected chi connectivity index (χ1v) is 10.8. The number of benzene rings is 1. The van der Waals surface area contributed by atoms with Crippen LogP contribution < -0.4 is 0 Å². The molecular formula is C25H27N3O2. The van der Waals surface area contributed by atoms with E-state index in [1.54, 1.807) is 0 Å². The number of ketones is 1. The lowest BCUT2D eigenvalue weighted by atomic mass is 9.83. The minimum Gasteiger partial charge on any atom is -0.379 e. The zero-order chi connectivity index (χ0) is 20.3. The second-order valence-corrected chi connectivity index (χ2v) is 8.34. The third-order valence-electron chi connectivity index (χ3n) is 6.24. The summed E-state index contributed by atoms with van der Waals surface area (Å²) >= 11 is 0. The minimum absolute atomic E-state index is 0.275. The van der Waals surface area contributed by atoms with Gasteiger partial charge in [0.2, 0.25) is 0 Å². The average molecular weight is 402 g/mol. The van der Waals surface area contributed by atoms with E-state index >= 15 is 0 Å². The quantitative estimate of drug-likeness (QED) is 0.708. The number of carbonyl (C=O) groups excluding carboxylic acids is 1. The van der Waals surface area contributed by atoms with Gasteiger partial charge in [-0.05, 0) is 35.6 Å². The number of hydrogen-bond acceptors (Lipinski definition) is 4. The van der Waals surface area contributed by atoms with Crippen molar-refractivity contribution in [2.75, 3.05) is 32.8 Å². The van der Waals surface area contributed by atoms with E-state index in [1.807, 2.05) is 30.6 Å². The maximum Gasteiger partial charge on any atom is 0.165 e. The summed E-state index contributed by atoms with van der Waals surface area (Å²) in [7, 11) is 0. The molecule has 2 aliphatic rings. The monoisotopic (exact) mass is 401 g/mol. The lowest BCUT2D eigenvalue weighted by Gasteiger charge is -2.31. The summed E-state index contributed by atoms with van der Waals surface area (Å²) in [6.07, 6.45) is 5.92. The Kier molecular flexibility index (Phi) is 5.47. The number of morpholine rings is 1. The molecule has 0 spiro atoms. The molecule has 1 saturated heterocycles. The zero-order valence-corrected chi connectivity index (χ0v) is 17.1. The zero-order valence-electron chi connectivity index (χ0n) is 17.1. The second-order valence-electron chi connectivity index (χ2n) is 8.34. The smallest absolute Gasteiger partial charge is 0.165 e. The fourth-order valence-corrected chi connectivity index (χ4v) is 4.83. The molecule has 1 aromatic carbocycles. The van der Waals surface area contributed by atoms with Crippen molar-refractivity contribution in [1.29, 1.82) is 0 Å². The van der Waals surface area contributed by atoms with E-state index in [0.717, 1.165) is 73.8 Å². The highest BCUT2D eigenvalue weighted by Crippen LogP contribution is 2.36. The molecule has 1 fully saturated rings. The Labute approximate surface area is 177 Å². The van der Waals surface area contributed by atoms with Gasteiger partial charge in [-0.2, -0.15) is 0 Å². The van der Waals surface area contributed by atoms with Crippen molar-refractivity contribution in [2.24, 2.45) is 5.92 Å². The highest BCUT2D eigenvalue weighted by Gasteiger charge is 2.32. The SMILES string of the molecule is O=C1CC(CN2CCOCC2)Cc2[nH]c(-c3ccncc3)c(Cc3ccccc3)c21. The summed E-state index contributed by atoms with van der Waals surface area (Å²) in [6, 6.07) is 14.4. The number of Topliss-reactive ketones (excluding diaryl/α,β-unsaturated/α-hetero) is 1. The van der Waals surface area contributed by atoms with E-state index < -0.39 is 0 Å². The third kappa shape index (κ3) is 3.95. The molecule has 3 aromatic rings. The fourth-order valence-electron chi connectivity index (χ4n) is 4.83. The normalized spacial score (nSPS) is 19.6. The molecule has 1 unspecified atom stereocenters. The number of aromatic nitrogens is 2. The Balaban J connectivity index is 1.49. The first kappa shape index (κ1) is 19.2. The van der Waals surface area contributed by atoms with Gasteiger partial charge in [0.25, 0.3) is 0 Å². The van der Waals surface area contributed by atoms with Gasteiger partial charge in [0, 0.05) is 61.7 Å². The van der Waals surface area contributed by atoms with E-state index in [1.165, 1.54) is 5.56 Å². The molecule has 3 heterocycles. The number of fused-ring (bicyclic) bond motifs is 1. The van der Waals surface area contributed by atoms with E-state index in [-0.39, 0.29) is 5.78 Å². The van der Waals surface area contributed by atoms with Gasteiger partial charge >= 0.3 is 0 Å². The first-order valence-electron chi connectivity index (χ1n) is 10.8. The van der Waals surface area contributed by atoms with Crippen LogP contribution in [0.4, 0.5) is 0 Å². The number of nitrogens with zero attached hydrogens (tertiary/aromatic N) is 2. The van der Waals surface area contributed by atoms with Crippen LogP contribution in [0.25, 0.3) is 11.3 Å².